The quantitative estimate of drug-likeness (QED) is 0.853. The lowest BCUT2D eigenvalue weighted by atomic mass is 9.89. The monoisotopic (exact) mass is 265 g/mol. The number of hydrogen-bond donors (Lipinski definition) is 1. The third-order valence-corrected chi connectivity index (χ3v) is 4.83. The SMILES string of the molecule is FC(F)(CNCC1CC2CCC1C2)c1ccccc1. The fourth-order valence-electron chi connectivity index (χ4n) is 3.83. The maximum absolute atomic E-state index is 14.0. The molecule has 3 atom stereocenters. The van der Waals surface area contributed by atoms with Crippen LogP contribution in [0.4, 0.5) is 8.78 Å². The van der Waals surface area contributed by atoms with Crippen LogP contribution < -0.4 is 5.32 Å². The molecule has 2 aliphatic carbocycles. The van der Waals surface area contributed by atoms with Crippen molar-refractivity contribution in [3.05, 3.63) is 35.9 Å². The minimum atomic E-state index is -2.77. The van der Waals surface area contributed by atoms with Gasteiger partial charge < -0.3 is 5.32 Å². The first-order valence-corrected chi connectivity index (χ1v) is 7.29. The second kappa shape index (κ2) is 5.20. The van der Waals surface area contributed by atoms with E-state index in [0.717, 1.165) is 18.4 Å². The standard InChI is InChI=1S/C16H21F2N/c17-16(18,15-4-2-1-3-5-15)11-19-10-14-9-12-6-7-13(14)8-12/h1-5,12-14,19H,6-11H2. The number of fused-ring (bicyclic) bond motifs is 2. The van der Waals surface area contributed by atoms with Crippen LogP contribution in [0.1, 0.15) is 31.2 Å². The normalized spacial score (nSPS) is 29.9. The molecule has 0 radical (unpaired) electrons. The van der Waals surface area contributed by atoms with Gasteiger partial charge in [-0.15, -0.1) is 0 Å². The molecule has 2 saturated carbocycles. The number of benzene rings is 1. The molecule has 1 N–H and O–H groups in total. The second-order valence-electron chi connectivity index (χ2n) is 6.14. The predicted octanol–water partition coefficient (Wildman–Crippen LogP) is 3.80. The summed E-state index contributed by atoms with van der Waals surface area (Å²) < 4.78 is 27.9. The Bertz CT molecular complexity index is 418. The zero-order valence-electron chi connectivity index (χ0n) is 11.1. The number of nitrogens with one attached hydrogen (secondary N) is 1. The molecule has 1 aromatic rings. The Morgan fingerprint density at radius 2 is 1.89 bits per heavy atom. The van der Waals surface area contributed by atoms with Crippen molar-refractivity contribution in [1.82, 2.24) is 5.32 Å². The van der Waals surface area contributed by atoms with Gasteiger partial charge in [-0.3, -0.25) is 0 Å². The summed E-state index contributed by atoms with van der Waals surface area (Å²) in [6.07, 6.45) is 5.25. The van der Waals surface area contributed by atoms with Crippen molar-refractivity contribution in [3.63, 3.8) is 0 Å². The lowest BCUT2D eigenvalue weighted by Crippen LogP contribution is -2.35. The average molecular weight is 265 g/mol. The van der Waals surface area contributed by atoms with Gasteiger partial charge >= 0.3 is 0 Å². The van der Waals surface area contributed by atoms with Gasteiger partial charge in [-0.2, -0.15) is 8.78 Å². The van der Waals surface area contributed by atoms with Gasteiger partial charge in [0.1, 0.15) is 0 Å². The summed E-state index contributed by atoms with van der Waals surface area (Å²) in [6.45, 7) is 0.508. The zero-order chi connectivity index (χ0) is 13.3. The topological polar surface area (TPSA) is 12.0 Å². The van der Waals surface area contributed by atoms with E-state index in [0.29, 0.717) is 5.92 Å². The molecular weight excluding hydrogens is 244 g/mol. The third-order valence-electron chi connectivity index (χ3n) is 4.83. The highest BCUT2D eigenvalue weighted by Crippen LogP contribution is 2.48. The minimum Gasteiger partial charge on any atom is -0.311 e. The van der Waals surface area contributed by atoms with E-state index in [-0.39, 0.29) is 12.1 Å². The highest BCUT2D eigenvalue weighted by Gasteiger charge is 2.39. The molecule has 3 heteroatoms. The van der Waals surface area contributed by atoms with Gasteiger partial charge in [-0.05, 0) is 43.6 Å². The van der Waals surface area contributed by atoms with Crippen molar-refractivity contribution in [2.24, 2.45) is 17.8 Å². The number of alkyl halides is 2. The van der Waals surface area contributed by atoms with Gasteiger partial charge in [-0.1, -0.05) is 36.8 Å². The average Bonchev–Trinajstić information content (AvgIpc) is 3.02. The van der Waals surface area contributed by atoms with Crippen LogP contribution in [0, 0.1) is 17.8 Å². The van der Waals surface area contributed by atoms with E-state index in [4.69, 9.17) is 0 Å². The Morgan fingerprint density at radius 1 is 1.11 bits per heavy atom. The van der Waals surface area contributed by atoms with Gasteiger partial charge in [-0.25, -0.2) is 0 Å². The molecule has 3 rings (SSSR count). The van der Waals surface area contributed by atoms with Crippen molar-refractivity contribution in [2.75, 3.05) is 13.1 Å². The van der Waals surface area contributed by atoms with Gasteiger partial charge in [0.05, 0.1) is 6.54 Å². The van der Waals surface area contributed by atoms with Crippen LogP contribution in [-0.2, 0) is 5.92 Å². The van der Waals surface area contributed by atoms with E-state index in [1.807, 2.05) is 0 Å². The van der Waals surface area contributed by atoms with Gasteiger partial charge in [0, 0.05) is 5.56 Å². The van der Waals surface area contributed by atoms with Gasteiger partial charge in [0.15, 0.2) is 0 Å². The number of rotatable bonds is 5. The molecule has 2 fully saturated rings. The van der Waals surface area contributed by atoms with E-state index in [1.165, 1.54) is 37.8 Å². The van der Waals surface area contributed by atoms with Crippen LogP contribution in [0.25, 0.3) is 0 Å². The summed E-state index contributed by atoms with van der Waals surface area (Å²) in [5, 5.41) is 3.00. The van der Waals surface area contributed by atoms with Crippen LogP contribution in [0.3, 0.4) is 0 Å². The molecule has 0 spiro atoms. The van der Waals surface area contributed by atoms with E-state index in [1.54, 1.807) is 18.2 Å². The van der Waals surface area contributed by atoms with Crippen LogP contribution in [0.5, 0.6) is 0 Å². The summed E-state index contributed by atoms with van der Waals surface area (Å²) >= 11 is 0. The van der Waals surface area contributed by atoms with Crippen LogP contribution in [0.15, 0.2) is 30.3 Å². The smallest absolute Gasteiger partial charge is 0.285 e. The largest absolute Gasteiger partial charge is 0.311 e. The zero-order valence-corrected chi connectivity index (χ0v) is 11.1. The molecule has 0 saturated heterocycles. The maximum atomic E-state index is 14.0. The van der Waals surface area contributed by atoms with Crippen LogP contribution in [-0.4, -0.2) is 13.1 Å². The predicted molar refractivity (Wildman–Crippen MR) is 72.1 cm³/mol. The van der Waals surface area contributed by atoms with Gasteiger partial charge in [0.25, 0.3) is 5.92 Å². The summed E-state index contributed by atoms with van der Waals surface area (Å²) in [5.41, 5.74) is 0.107. The molecule has 0 aliphatic heterocycles. The van der Waals surface area contributed by atoms with Crippen LogP contribution >= 0.6 is 0 Å². The Kier molecular flexibility index (Phi) is 3.57. The molecule has 0 aromatic heterocycles. The molecule has 19 heavy (non-hydrogen) atoms. The molecule has 1 aromatic carbocycles. The lowest BCUT2D eigenvalue weighted by Gasteiger charge is -2.24. The van der Waals surface area contributed by atoms with Crippen molar-refractivity contribution in [3.8, 4) is 0 Å². The van der Waals surface area contributed by atoms with Crippen LogP contribution in [0.2, 0.25) is 0 Å². The number of halogens is 2. The summed E-state index contributed by atoms with van der Waals surface area (Å²) in [6, 6.07) is 8.10. The Hall–Kier alpha value is -0.960. The lowest BCUT2D eigenvalue weighted by molar-refractivity contribution is -0.00431. The molecule has 1 nitrogen and oxygen atoms in total. The highest BCUT2D eigenvalue weighted by molar-refractivity contribution is 5.20. The molecule has 2 aliphatic rings. The molecule has 3 unspecified atom stereocenters. The molecule has 0 amide bonds. The maximum Gasteiger partial charge on any atom is 0.285 e. The Morgan fingerprint density at radius 3 is 2.53 bits per heavy atom. The molecule has 104 valence electrons. The van der Waals surface area contributed by atoms with E-state index < -0.39 is 5.92 Å². The van der Waals surface area contributed by atoms with Crippen molar-refractivity contribution in [2.45, 2.75) is 31.6 Å². The first-order valence-electron chi connectivity index (χ1n) is 7.29. The minimum absolute atomic E-state index is 0.107. The first-order chi connectivity index (χ1) is 9.15. The molecular formula is C16H21F2N. The van der Waals surface area contributed by atoms with Crippen molar-refractivity contribution >= 4 is 0 Å². The molecule has 0 heterocycles. The fraction of sp³-hybridized carbons (Fsp3) is 0.625. The fourth-order valence-corrected chi connectivity index (χ4v) is 3.83. The Balaban J connectivity index is 1.49. The summed E-state index contributed by atoms with van der Waals surface area (Å²) in [5.74, 6) is -0.460. The Labute approximate surface area is 113 Å². The van der Waals surface area contributed by atoms with E-state index in [2.05, 4.69) is 5.32 Å². The van der Waals surface area contributed by atoms with Crippen molar-refractivity contribution < 1.29 is 8.78 Å². The summed E-state index contributed by atoms with van der Waals surface area (Å²) in [4.78, 5) is 0. The number of hydrogen-bond acceptors (Lipinski definition) is 1. The first kappa shape index (κ1) is 13.0. The van der Waals surface area contributed by atoms with E-state index in [9.17, 15) is 8.78 Å². The third kappa shape index (κ3) is 2.81. The van der Waals surface area contributed by atoms with Gasteiger partial charge in [0.2, 0.25) is 0 Å². The summed E-state index contributed by atoms with van der Waals surface area (Å²) in [7, 11) is 0. The highest BCUT2D eigenvalue weighted by atomic mass is 19.3. The van der Waals surface area contributed by atoms with E-state index >= 15 is 0 Å². The van der Waals surface area contributed by atoms with Crippen molar-refractivity contribution in [1.29, 1.82) is 0 Å². The molecule has 2 bridgehead atoms. The second-order valence-corrected chi connectivity index (χ2v) is 6.14.